The SMILES string of the molecule is CC(C(=O)O)N1CC(=O)N2CCCC2C1=O. The molecule has 1 N–H and O–H groups in total. The van der Waals surface area contributed by atoms with Crippen LogP contribution in [0, 0.1) is 0 Å². The van der Waals surface area contributed by atoms with Gasteiger partial charge in [-0.1, -0.05) is 0 Å². The molecule has 6 nitrogen and oxygen atoms in total. The van der Waals surface area contributed by atoms with Crippen molar-refractivity contribution >= 4 is 17.8 Å². The fourth-order valence-electron chi connectivity index (χ4n) is 2.29. The van der Waals surface area contributed by atoms with Crippen molar-refractivity contribution in [3.63, 3.8) is 0 Å². The average molecular weight is 226 g/mol. The van der Waals surface area contributed by atoms with E-state index in [0.29, 0.717) is 13.0 Å². The van der Waals surface area contributed by atoms with Gasteiger partial charge >= 0.3 is 5.97 Å². The third kappa shape index (κ3) is 1.54. The topological polar surface area (TPSA) is 77.9 Å². The van der Waals surface area contributed by atoms with Crippen molar-refractivity contribution in [2.45, 2.75) is 31.8 Å². The van der Waals surface area contributed by atoms with E-state index in [1.54, 1.807) is 4.90 Å². The maximum absolute atomic E-state index is 12.0. The van der Waals surface area contributed by atoms with Crippen LogP contribution in [0.15, 0.2) is 0 Å². The third-order valence-corrected chi connectivity index (χ3v) is 3.27. The minimum absolute atomic E-state index is 0.108. The zero-order valence-corrected chi connectivity index (χ0v) is 9.05. The van der Waals surface area contributed by atoms with Gasteiger partial charge in [0.1, 0.15) is 18.6 Å². The van der Waals surface area contributed by atoms with E-state index in [1.807, 2.05) is 0 Å². The molecule has 2 aliphatic heterocycles. The van der Waals surface area contributed by atoms with Crippen LogP contribution in [0.5, 0.6) is 0 Å². The Kier molecular flexibility index (Phi) is 2.57. The number of carboxylic acid groups (broad SMARTS) is 1. The molecule has 2 saturated heterocycles. The van der Waals surface area contributed by atoms with Crippen molar-refractivity contribution in [1.82, 2.24) is 9.80 Å². The number of hydrogen-bond donors (Lipinski definition) is 1. The lowest BCUT2D eigenvalue weighted by molar-refractivity contribution is -0.161. The summed E-state index contributed by atoms with van der Waals surface area (Å²) in [7, 11) is 0. The Morgan fingerprint density at radius 1 is 1.50 bits per heavy atom. The minimum Gasteiger partial charge on any atom is -0.480 e. The molecule has 0 bridgehead atoms. The van der Waals surface area contributed by atoms with Gasteiger partial charge in [-0.2, -0.15) is 0 Å². The molecule has 16 heavy (non-hydrogen) atoms. The zero-order valence-electron chi connectivity index (χ0n) is 9.05. The van der Waals surface area contributed by atoms with E-state index in [9.17, 15) is 14.4 Å². The van der Waals surface area contributed by atoms with Crippen LogP contribution in [0.25, 0.3) is 0 Å². The number of fused-ring (bicyclic) bond motifs is 1. The molecule has 2 atom stereocenters. The number of carbonyl (C=O) groups is 3. The zero-order chi connectivity index (χ0) is 11.9. The smallest absolute Gasteiger partial charge is 0.326 e. The average Bonchev–Trinajstić information content (AvgIpc) is 2.71. The van der Waals surface area contributed by atoms with E-state index in [1.165, 1.54) is 6.92 Å². The van der Waals surface area contributed by atoms with Crippen molar-refractivity contribution in [2.24, 2.45) is 0 Å². The Morgan fingerprint density at radius 2 is 2.19 bits per heavy atom. The molecule has 2 fully saturated rings. The van der Waals surface area contributed by atoms with E-state index in [-0.39, 0.29) is 18.4 Å². The molecule has 0 aliphatic carbocycles. The molecule has 2 rings (SSSR count). The van der Waals surface area contributed by atoms with Crippen molar-refractivity contribution in [3.05, 3.63) is 0 Å². The van der Waals surface area contributed by atoms with Gasteiger partial charge in [0, 0.05) is 6.54 Å². The van der Waals surface area contributed by atoms with Crippen molar-refractivity contribution in [1.29, 1.82) is 0 Å². The Labute approximate surface area is 92.8 Å². The van der Waals surface area contributed by atoms with Gasteiger partial charge in [-0.3, -0.25) is 9.59 Å². The predicted octanol–water partition coefficient (Wildman–Crippen LogP) is -0.707. The fraction of sp³-hybridized carbons (Fsp3) is 0.700. The lowest BCUT2D eigenvalue weighted by Crippen LogP contribution is -2.60. The minimum atomic E-state index is -1.08. The number of aliphatic carboxylic acids is 1. The molecule has 6 heteroatoms. The summed E-state index contributed by atoms with van der Waals surface area (Å²) in [4.78, 5) is 37.2. The van der Waals surface area contributed by atoms with E-state index in [4.69, 9.17) is 5.11 Å². The lowest BCUT2D eigenvalue weighted by atomic mass is 10.1. The van der Waals surface area contributed by atoms with Gasteiger partial charge in [0.05, 0.1) is 0 Å². The molecule has 2 amide bonds. The van der Waals surface area contributed by atoms with E-state index in [2.05, 4.69) is 0 Å². The van der Waals surface area contributed by atoms with Gasteiger partial charge in [0.25, 0.3) is 0 Å². The van der Waals surface area contributed by atoms with Gasteiger partial charge < -0.3 is 14.9 Å². The first-order chi connectivity index (χ1) is 7.52. The Bertz CT molecular complexity index is 355. The molecule has 0 radical (unpaired) electrons. The lowest BCUT2D eigenvalue weighted by Gasteiger charge is -2.38. The van der Waals surface area contributed by atoms with Crippen LogP contribution in [0.1, 0.15) is 19.8 Å². The number of carboxylic acids is 1. The first-order valence-corrected chi connectivity index (χ1v) is 5.35. The highest BCUT2D eigenvalue weighted by atomic mass is 16.4. The van der Waals surface area contributed by atoms with Crippen LogP contribution >= 0.6 is 0 Å². The van der Waals surface area contributed by atoms with Crippen LogP contribution in [0.4, 0.5) is 0 Å². The molecule has 0 spiro atoms. The van der Waals surface area contributed by atoms with Gasteiger partial charge in [-0.15, -0.1) is 0 Å². The van der Waals surface area contributed by atoms with E-state index in [0.717, 1.165) is 11.3 Å². The maximum Gasteiger partial charge on any atom is 0.326 e. The fourth-order valence-corrected chi connectivity index (χ4v) is 2.29. The van der Waals surface area contributed by atoms with Crippen LogP contribution in [0.3, 0.4) is 0 Å². The summed E-state index contributed by atoms with van der Waals surface area (Å²) in [6.45, 7) is 1.94. The number of nitrogens with zero attached hydrogens (tertiary/aromatic N) is 2. The molecule has 0 aromatic carbocycles. The van der Waals surface area contributed by atoms with Crippen molar-refractivity contribution < 1.29 is 19.5 Å². The summed E-state index contributed by atoms with van der Waals surface area (Å²) in [6, 6.07) is -1.36. The predicted molar refractivity (Wildman–Crippen MR) is 53.5 cm³/mol. The number of hydrogen-bond acceptors (Lipinski definition) is 3. The van der Waals surface area contributed by atoms with Gasteiger partial charge in [0.2, 0.25) is 11.8 Å². The largest absolute Gasteiger partial charge is 0.480 e. The first kappa shape index (κ1) is 10.9. The third-order valence-electron chi connectivity index (χ3n) is 3.27. The molecule has 0 aromatic heterocycles. The summed E-state index contributed by atoms with van der Waals surface area (Å²) >= 11 is 0. The van der Waals surface area contributed by atoms with Crippen LogP contribution in [-0.2, 0) is 14.4 Å². The van der Waals surface area contributed by atoms with Crippen LogP contribution in [0.2, 0.25) is 0 Å². The number of rotatable bonds is 2. The second-order valence-electron chi connectivity index (χ2n) is 4.23. The van der Waals surface area contributed by atoms with Gasteiger partial charge in [-0.25, -0.2) is 4.79 Å². The molecule has 88 valence electrons. The monoisotopic (exact) mass is 226 g/mol. The number of piperazine rings is 1. The molecular weight excluding hydrogens is 212 g/mol. The Balaban J connectivity index is 2.20. The molecule has 2 heterocycles. The summed E-state index contributed by atoms with van der Waals surface area (Å²) < 4.78 is 0. The Hall–Kier alpha value is -1.59. The molecule has 2 aliphatic rings. The van der Waals surface area contributed by atoms with Crippen LogP contribution < -0.4 is 0 Å². The molecular formula is C10H14N2O4. The highest BCUT2D eigenvalue weighted by Crippen LogP contribution is 2.24. The quantitative estimate of drug-likeness (QED) is 0.675. The second kappa shape index (κ2) is 3.77. The summed E-state index contributed by atoms with van der Waals surface area (Å²) in [5, 5.41) is 8.86. The van der Waals surface area contributed by atoms with Gasteiger partial charge in [-0.05, 0) is 19.8 Å². The summed E-state index contributed by atoms with van der Waals surface area (Å²) in [5.74, 6) is -1.45. The normalized spacial score (nSPS) is 26.9. The molecule has 0 saturated carbocycles. The highest BCUT2D eigenvalue weighted by Gasteiger charge is 2.44. The standard InChI is InChI=1S/C10H14N2O4/c1-6(10(15)16)12-5-8(13)11-4-2-3-7(11)9(12)14/h6-7H,2-5H2,1H3,(H,15,16). The van der Waals surface area contributed by atoms with Crippen LogP contribution in [-0.4, -0.2) is 57.9 Å². The molecule has 2 unspecified atom stereocenters. The van der Waals surface area contributed by atoms with Crippen molar-refractivity contribution in [2.75, 3.05) is 13.1 Å². The highest BCUT2D eigenvalue weighted by molar-refractivity contribution is 5.97. The second-order valence-corrected chi connectivity index (χ2v) is 4.23. The Morgan fingerprint density at radius 3 is 2.81 bits per heavy atom. The first-order valence-electron chi connectivity index (χ1n) is 5.35. The number of amides is 2. The summed E-state index contributed by atoms with van der Waals surface area (Å²) in [5.41, 5.74) is 0. The van der Waals surface area contributed by atoms with E-state index < -0.39 is 18.1 Å². The van der Waals surface area contributed by atoms with E-state index >= 15 is 0 Å². The maximum atomic E-state index is 12.0. The molecule has 0 aromatic rings. The van der Waals surface area contributed by atoms with Crippen molar-refractivity contribution in [3.8, 4) is 0 Å². The van der Waals surface area contributed by atoms with Gasteiger partial charge in [0.15, 0.2) is 0 Å². The number of carbonyl (C=O) groups excluding carboxylic acids is 2. The summed E-state index contributed by atoms with van der Waals surface area (Å²) in [6.07, 6.45) is 1.46.